The van der Waals surface area contributed by atoms with Gasteiger partial charge in [0, 0.05) is 6.54 Å². The molecule has 0 radical (unpaired) electrons. The quantitative estimate of drug-likeness (QED) is 0.835. The highest BCUT2D eigenvalue weighted by molar-refractivity contribution is 5.85. The minimum absolute atomic E-state index is 0.0145. The van der Waals surface area contributed by atoms with Crippen molar-refractivity contribution in [3.05, 3.63) is 35.9 Å². The summed E-state index contributed by atoms with van der Waals surface area (Å²) < 4.78 is 5.18. The van der Waals surface area contributed by atoms with Crippen LogP contribution < -0.4 is 5.73 Å². The molecule has 0 spiro atoms. The highest BCUT2D eigenvalue weighted by atomic mass is 16.5. The number of benzene rings is 1. The van der Waals surface area contributed by atoms with Gasteiger partial charge in [-0.3, -0.25) is 9.59 Å². The topological polar surface area (TPSA) is 72.6 Å². The Labute approximate surface area is 118 Å². The third-order valence-electron chi connectivity index (χ3n) is 3.38. The molecular weight excluding hydrogens is 256 g/mol. The van der Waals surface area contributed by atoms with E-state index in [-0.39, 0.29) is 19.1 Å². The average Bonchev–Trinajstić information content (AvgIpc) is 2.62. The Bertz CT molecular complexity index is 461. The number of carbonyl (C=O) groups excluding carboxylic acids is 2. The molecule has 1 heterocycles. The standard InChI is InChI=1S/C15H20N2O3/c16-13-8-4-5-9-17(15(13)19)10-14(18)20-11-12-6-2-1-3-7-12/h1-3,6-7,13H,4-5,8-11,16H2/t13-/m1/s1. The van der Waals surface area contributed by atoms with E-state index in [2.05, 4.69) is 0 Å². The maximum atomic E-state index is 11.9. The van der Waals surface area contributed by atoms with Crippen molar-refractivity contribution < 1.29 is 14.3 Å². The van der Waals surface area contributed by atoms with Gasteiger partial charge in [0.05, 0.1) is 6.04 Å². The molecule has 1 fully saturated rings. The number of amides is 1. The molecule has 2 N–H and O–H groups in total. The van der Waals surface area contributed by atoms with Crippen LogP contribution in [0.4, 0.5) is 0 Å². The third-order valence-corrected chi connectivity index (χ3v) is 3.38. The number of carbonyl (C=O) groups is 2. The van der Waals surface area contributed by atoms with Crippen molar-refractivity contribution in [1.82, 2.24) is 4.90 Å². The number of nitrogens with two attached hydrogens (primary N) is 1. The van der Waals surface area contributed by atoms with Crippen molar-refractivity contribution in [3.63, 3.8) is 0 Å². The number of esters is 1. The van der Waals surface area contributed by atoms with Gasteiger partial charge in [-0.1, -0.05) is 30.3 Å². The molecule has 0 saturated carbocycles. The normalized spacial score (nSPS) is 19.6. The van der Waals surface area contributed by atoms with Crippen LogP contribution in [-0.4, -0.2) is 35.9 Å². The van der Waals surface area contributed by atoms with E-state index in [4.69, 9.17) is 10.5 Å². The first-order valence-electron chi connectivity index (χ1n) is 6.91. The van der Waals surface area contributed by atoms with Gasteiger partial charge in [0.25, 0.3) is 0 Å². The van der Waals surface area contributed by atoms with Gasteiger partial charge in [0.2, 0.25) is 5.91 Å². The van der Waals surface area contributed by atoms with Gasteiger partial charge < -0.3 is 15.4 Å². The summed E-state index contributed by atoms with van der Waals surface area (Å²) >= 11 is 0. The van der Waals surface area contributed by atoms with Gasteiger partial charge in [-0.25, -0.2) is 0 Å². The molecule has 1 aliphatic rings. The Hall–Kier alpha value is -1.88. The number of hydrogen-bond acceptors (Lipinski definition) is 4. The number of nitrogens with zero attached hydrogens (tertiary/aromatic N) is 1. The fraction of sp³-hybridized carbons (Fsp3) is 0.467. The molecule has 0 aromatic heterocycles. The molecule has 1 amide bonds. The molecule has 1 aromatic rings. The molecule has 108 valence electrons. The molecule has 5 heteroatoms. The second-order valence-electron chi connectivity index (χ2n) is 5.01. The summed E-state index contributed by atoms with van der Waals surface area (Å²) in [4.78, 5) is 25.2. The molecule has 1 saturated heterocycles. The first kappa shape index (κ1) is 14.5. The molecule has 1 aromatic carbocycles. The SMILES string of the molecule is N[C@@H]1CCCCN(CC(=O)OCc2ccccc2)C1=O. The second kappa shape index (κ2) is 7.05. The first-order valence-corrected chi connectivity index (χ1v) is 6.91. The van der Waals surface area contributed by atoms with E-state index in [0.29, 0.717) is 13.0 Å². The molecule has 1 aliphatic heterocycles. The van der Waals surface area contributed by atoms with Crippen LogP contribution in [0.15, 0.2) is 30.3 Å². The first-order chi connectivity index (χ1) is 9.66. The Morgan fingerprint density at radius 1 is 1.30 bits per heavy atom. The number of rotatable bonds is 4. The smallest absolute Gasteiger partial charge is 0.325 e. The lowest BCUT2D eigenvalue weighted by Crippen LogP contribution is -2.44. The van der Waals surface area contributed by atoms with E-state index < -0.39 is 12.0 Å². The monoisotopic (exact) mass is 276 g/mol. The highest BCUT2D eigenvalue weighted by Crippen LogP contribution is 2.11. The third kappa shape index (κ3) is 4.06. The lowest BCUT2D eigenvalue weighted by Gasteiger charge is -2.21. The van der Waals surface area contributed by atoms with Gasteiger partial charge in [-0.15, -0.1) is 0 Å². The maximum absolute atomic E-state index is 11.9. The van der Waals surface area contributed by atoms with Crippen molar-refractivity contribution >= 4 is 11.9 Å². The van der Waals surface area contributed by atoms with Crippen molar-refractivity contribution in [3.8, 4) is 0 Å². The Morgan fingerprint density at radius 3 is 2.80 bits per heavy atom. The summed E-state index contributed by atoms with van der Waals surface area (Å²) in [5.41, 5.74) is 6.70. The highest BCUT2D eigenvalue weighted by Gasteiger charge is 2.25. The lowest BCUT2D eigenvalue weighted by molar-refractivity contribution is -0.150. The van der Waals surface area contributed by atoms with E-state index in [9.17, 15) is 9.59 Å². The van der Waals surface area contributed by atoms with Crippen LogP contribution in [0.2, 0.25) is 0 Å². The largest absolute Gasteiger partial charge is 0.459 e. The second-order valence-corrected chi connectivity index (χ2v) is 5.01. The minimum atomic E-state index is -0.487. The minimum Gasteiger partial charge on any atom is -0.459 e. The molecular formula is C15H20N2O3. The number of ether oxygens (including phenoxy) is 1. The number of likely N-dealkylation sites (tertiary alicyclic amines) is 1. The Balaban J connectivity index is 1.83. The van der Waals surface area contributed by atoms with Crippen LogP contribution in [0, 0.1) is 0 Å². The zero-order chi connectivity index (χ0) is 14.4. The van der Waals surface area contributed by atoms with Gasteiger partial charge >= 0.3 is 5.97 Å². The molecule has 0 bridgehead atoms. The van der Waals surface area contributed by atoms with Crippen molar-refractivity contribution in [2.45, 2.75) is 31.9 Å². The van der Waals surface area contributed by atoms with Gasteiger partial charge in [0.1, 0.15) is 13.2 Å². The van der Waals surface area contributed by atoms with Crippen molar-refractivity contribution in [2.24, 2.45) is 5.73 Å². The fourth-order valence-corrected chi connectivity index (χ4v) is 2.23. The lowest BCUT2D eigenvalue weighted by atomic mass is 10.1. The zero-order valence-electron chi connectivity index (χ0n) is 11.5. The molecule has 20 heavy (non-hydrogen) atoms. The van der Waals surface area contributed by atoms with E-state index in [1.54, 1.807) is 0 Å². The van der Waals surface area contributed by atoms with Crippen LogP contribution in [0.5, 0.6) is 0 Å². The van der Waals surface area contributed by atoms with Crippen LogP contribution in [0.1, 0.15) is 24.8 Å². The van der Waals surface area contributed by atoms with E-state index in [1.165, 1.54) is 4.90 Å². The summed E-state index contributed by atoms with van der Waals surface area (Å²) in [7, 11) is 0. The van der Waals surface area contributed by atoms with E-state index in [1.807, 2.05) is 30.3 Å². The summed E-state index contributed by atoms with van der Waals surface area (Å²) in [5.74, 6) is -0.546. The predicted molar refractivity (Wildman–Crippen MR) is 74.6 cm³/mol. The zero-order valence-corrected chi connectivity index (χ0v) is 11.5. The summed E-state index contributed by atoms with van der Waals surface area (Å²) in [6.45, 7) is 0.792. The molecule has 0 aliphatic carbocycles. The molecule has 1 atom stereocenters. The Morgan fingerprint density at radius 2 is 2.05 bits per heavy atom. The van der Waals surface area contributed by atoms with Crippen molar-refractivity contribution in [2.75, 3.05) is 13.1 Å². The van der Waals surface area contributed by atoms with Crippen LogP contribution in [0.25, 0.3) is 0 Å². The fourth-order valence-electron chi connectivity index (χ4n) is 2.23. The maximum Gasteiger partial charge on any atom is 0.325 e. The number of hydrogen-bond donors (Lipinski definition) is 1. The molecule has 0 unspecified atom stereocenters. The summed E-state index contributed by atoms with van der Waals surface area (Å²) in [6, 6.07) is 8.98. The van der Waals surface area contributed by atoms with Gasteiger partial charge in [-0.05, 0) is 24.8 Å². The summed E-state index contributed by atoms with van der Waals surface area (Å²) in [5, 5.41) is 0. The summed E-state index contributed by atoms with van der Waals surface area (Å²) in [6.07, 6.45) is 2.49. The Kier molecular flexibility index (Phi) is 5.12. The van der Waals surface area contributed by atoms with Crippen LogP contribution in [0.3, 0.4) is 0 Å². The molecule has 5 nitrogen and oxygen atoms in total. The van der Waals surface area contributed by atoms with Gasteiger partial charge in [0.15, 0.2) is 0 Å². The average molecular weight is 276 g/mol. The van der Waals surface area contributed by atoms with Crippen molar-refractivity contribution in [1.29, 1.82) is 0 Å². The predicted octanol–water partition coefficient (Wildman–Crippen LogP) is 1.07. The van der Waals surface area contributed by atoms with Crippen LogP contribution in [-0.2, 0) is 20.9 Å². The van der Waals surface area contributed by atoms with Gasteiger partial charge in [-0.2, -0.15) is 0 Å². The van der Waals surface area contributed by atoms with Crippen LogP contribution >= 0.6 is 0 Å². The van der Waals surface area contributed by atoms with E-state index in [0.717, 1.165) is 18.4 Å². The molecule has 2 rings (SSSR count). The van der Waals surface area contributed by atoms with E-state index >= 15 is 0 Å².